The van der Waals surface area contributed by atoms with E-state index >= 15 is 0 Å². The zero-order chi connectivity index (χ0) is 11.8. The molecule has 0 saturated carbocycles. The molecular weight excluding hydrogens is 222 g/mol. The van der Waals surface area contributed by atoms with E-state index in [2.05, 4.69) is 33.9 Å². The number of thiophene rings is 1. The van der Waals surface area contributed by atoms with Gasteiger partial charge < -0.3 is 15.8 Å². The molecule has 0 amide bonds. The van der Waals surface area contributed by atoms with Gasteiger partial charge in [0.1, 0.15) is 5.84 Å². The summed E-state index contributed by atoms with van der Waals surface area (Å²) in [6.45, 7) is 2.03. The van der Waals surface area contributed by atoms with E-state index in [9.17, 15) is 0 Å². The average molecular weight is 241 g/mol. The summed E-state index contributed by atoms with van der Waals surface area (Å²) in [6, 6.07) is 2.15. The molecule has 3 N–H and O–H groups in total. The van der Waals surface area contributed by atoms with Gasteiger partial charge in [-0.2, -0.15) is 11.3 Å². The third kappa shape index (κ3) is 5.14. The van der Waals surface area contributed by atoms with Crippen LogP contribution >= 0.6 is 11.3 Å². The highest BCUT2D eigenvalue weighted by Crippen LogP contribution is 2.09. The lowest BCUT2D eigenvalue weighted by Crippen LogP contribution is -2.19. The molecule has 0 bridgehead atoms. The highest BCUT2D eigenvalue weighted by molar-refractivity contribution is 7.07. The van der Waals surface area contributed by atoms with E-state index in [0.717, 1.165) is 25.9 Å². The van der Waals surface area contributed by atoms with E-state index in [4.69, 9.17) is 10.9 Å². The van der Waals surface area contributed by atoms with Gasteiger partial charge in [0.05, 0.1) is 0 Å². The van der Waals surface area contributed by atoms with Gasteiger partial charge in [0.2, 0.25) is 0 Å². The molecule has 0 radical (unpaired) electrons. The molecule has 90 valence electrons. The van der Waals surface area contributed by atoms with Gasteiger partial charge in [-0.15, -0.1) is 0 Å². The second-order valence-corrected chi connectivity index (χ2v) is 4.70. The summed E-state index contributed by atoms with van der Waals surface area (Å²) in [6.07, 6.45) is 2.70. The van der Waals surface area contributed by atoms with Crippen LogP contribution in [-0.4, -0.2) is 29.5 Å². The molecule has 0 aliphatic heterocycles. The van der Waals surface area contributed by atoms with Crippen molar-refractivity contribution in [3.63, 3.8) is 0 Å². The Hall–Kier alpha value is -1.07. The van der Waals surface area contributed by atoms with Gasteiger partial charge in [0.15, 0.2) is 0 Å². The largest absolute Gasteiger partial charge is 0.409 e. The van der Waals surface area contributed by atoms with Gasteiger partial charge in [0.25, 0.3) is 0 Å². The van der Waals surface area contributed by atoms with Crippen LogP contribution in [0.25, 0.3) is 0 Å². The molecule has 0 spiro atoms. The van der Waals surface area contributed by atoms with Crippen LogP contribution in [0.1, 0.15) is 24.8 Å². The van der Waals surface area contributed by atoms with E-state index < -0.39 is 0 Å². The number of nitrogens with two attached hydrogens (primary N) is 1. The monoisotopic (exact) mass is 241 g/mol. The molecular formula is C11H19N3OS. The molecule has 0 aromatic carbocycles. The fraction of sp³-hybridized carbons (Fsp3) is 0.545. The van der Waals surface area contributed by atoms with Crippen molar-refractivity contribution < 1.29 is 5.21 Å². The average Bonchev–Trinajstić information content (AvgIpc) is 2.76. The molecule has 0 aliphatic carbocycles. The van der Waals surface area contributed by atoms with E-state index in [-0.39, 0.29) is 0 Å². The summed E-state index contributed by atoms with van der Waals surface area (Å²) < 4.78 is 0. The molecule has 5 heteroatoms. The van der Waals surface area contributed by atoms with Gasteiger partial charge in [-0.3, -0.25) is 0 Å². The van der Waals surface area contributed by atoms with E-state index in [1.165, 1.54) is 5.56 Å². The zero-order valence-electron chi connectivity index (χ0n) is 9.59. The highest BCUT2D eigenvalue weighted by Gasteiger charge is 2.01. The van der Waals surface area contributed by atoms with Crippen molar-refractivity contribution in [1.29, 1.82) is 0 Å². The summed E-state index contributed by atoms with van der Waals surface area (Å²) >= 11 is 1.73. The second kappa shape index (κ2) is 7.24. The van der Waals surface area contributed by atoms with Crippen molar-refractivity contribution in [2.24, 2.45) is 10.9 Å². The molecule has 0 atom stereocenters. The minimum atomic E-state index is 0.320. The standard InChI is InChI=1S/C11H19N3OS/c1-14(8-10-5-7-16-9-10)6-3-2-4-11(12)13-15/h5,7,9,15H,2-4,6,8H2,1H3,(H2,12,13). The predicted molar refractivity (Wildman–Crippen MR) is 67.9 cm³/mol. The maximum Gasteiger partial charge on any atom is 0.139 e. The van der Waals surface area contributed by atoms with Crippen LogP contribution in [0.4, 0.5) is 0 Å². The second-order valence-electron chi connectivity index (χ2n) is 3.92. The van der Waals surface area contributed by atoms with Crippen LogP contribution in [0.5, 0.6) is 0 Å². The van der Waals surface area contributed by atoms with Crippen LogP contribution in [-0.2, 0) is 6.54 Å². The molecule has 0 unspecified atom stereocenters. The fourth-order valence-electron chi connectivity index (χ4n) is 1.51. The van der Waals surface area contributed by atoms with Crippen molar-refractivity contribution in [3.8, 4) is 0 Å². The van der Waals surface area contributed by atoms with Gasteiger partial charge in [-0.1, -0.05) is 5.16 Å². The van der Waals surface area contributed by atoms with Gasteiger partial charge in [0, 0.05) is 13.0 Å². The molecule has 0 saturated heterocycles. The summed E-state index contributed by atoms with van der Waals surface area (Å²) in [5, 5.41) is 15.6. The maximum absolute atomic E-state index is 8.37. The van der Waals surface area contributed by atoms with Crippen LogP contribution in [0, 0.1) is 0 Å². The Labute approximate surface area is 100 Å². The number of hydrogen-bond acceptors (Lipinski definition) is 4. The first kappa shape index (κ1) is 13.0. The van der Waals surface area contributed by atoms with Gasteiger partial charge in [-0.05, 0) is 48.8 Å². The highest BCUT2D eigenvalue weighted by atomic mass is 32.1. The lowest BCUT2D eigenvalue weighted by Gasteiger charge is -2.15. The van der Waals surface area contributed by atoms with Crippen LogP contribution in [0.15, 0.2) is 22.0 Å². The Morgan fingerprint density at radius 3 is 3.00 bits per heavy atom. The smallest absolute Gasteiger partial charge is 0.139 e. The number of hydrogen-bond donors (Lipinski definition) is 2. The van der Waals surface area contributed by atoms with Crippen molar-refractivity contribution in [2.75, 3.05) is 13.6 Å². The predicted octanol–water partition coefficient (Wildman–Crippen LogP) is 2.10. The first-order valence-electron chi connectivity index (χ1n) is 5.38. The summed E-state index contributed by atoms with van der Waals surface area (Å²) in [5.74, 6) is 0.320. The Morgan fingerprint density at radius 2 is 2.38 bits per heavy atom. The summed E-state index contributed by atoms with van der Waals surface area (Å²) in [7, 11) is 2.11. The van der Waals surface area contributed by atoms with Crippen molar-refractivity contribution in [1.82, 2.24) is 4.90 Å². The van der Waals surface area contributed by atoms with E-state index in [1.54, 1.807) is 11.3 Å². The fourth-order valence-corrected chi connectivity index (χ4v) is 2.17. The van der Waals surface area contributed by atoms with Crippen LogP contribution < -0.4 is 5.73 Å². The summed E-state index contributed by atoms with van der Waals surface area (Å²) in [4.78, 5) is 2.29. The van der Waals surface area contributed by atoms with Crippen LogP contribution in [0.3, 0.4) is 0 Å². The van der Waals surface area contributed by atoms with Gasteiger partial charge >= 0.3 is 0 Å². The molecule has 16 heavy (non-hydrogen) atoms. The Balaban J connectivity index is 2.09. The third-order valence-corrected chi connectivity index (χ3v) is 3.12. The molecule has 0 fully saturated rings. The number of unbranched alkanes of at least 4 members (excludes halogenated alkanes) is 1. The number of rotatable bonds is 7. The Kier molecular flexibility index (Phi) is 5.88. The molecule has 1 aromatic heterocycles. The Morgan fingerprint density at radius 1 is 1.56 bits per heavy atom. The van der Waals surface area contributed by atoms with Crippen molar-refractivity contribution >= 4 is 17.2 Å². The topological polar surface area (TPSA) is 61.8 Å². The first-order chi connectivity index (χ1) is 7.72. The lowest BCUT2D eigenvalue weighted by molar-refractivity contribution is 0.312. The number of amidine groups is 1. The molecule has 1 rings (SSSR count). The van der Waals surface area contributed by atoms with Gasteiger partial charge in [-0.25, -0.2) is 0 Å². The maximum atomic E-state index is 8.37. The normalized spacial score (nSPS) is 12.2. The number of nitrogens with zero attached hydrogens (tertiary/aromatic N) is 2. The van der Waals surface area contributed by atoms with Crippen molar-refractivity contribution in [3.05, 3.63) is 22.4 Å². The molecule has 0 aliphatic rings. The summed E-state index contributed by atoms with van der Waals surface area (Å²) in [5.41, 5.74) is 6.75. The molecule has 4 nitrogen and oxygen atoms in total. The minimum Gasteiger partial charge on any atom is -0.409 e. The Bertz CT molecular complexity index is 311. The number of oxime groups is 1. The van der Waals surface area contributed by atoms with E-state index in [1.807, 2.05) is 0 Å². The van der Waals surface area contributed by atoms with Crippen LogP contribution in [0.2, 0.25) is 0 Å². The third-order valence-electron chi connectivity index (χ3n) is 2.38. The minimum absolute atomic E-state index is 0.320. The zero-order valence-corrected chi connectivity index (χ0v) is 10.4. The first-order valence-corrected chi connectivity index (χ1v) is 6.32. The molecule has 1 heterocycles. The molecule has 1 aromatic rings. The lowest BCUT2D eigenvalue weighted by atomic mass is 10.2. The quantitative estimate of drug-likeness (QED) is 0.253. The SMILES string of the molecule is CN(CCCC/C(N)=N/O)Cc1ccsc1. The van der Waals surface area contributed by atoms with Crippen molar-refractivity contribution in [2.45, 2.75) is 25.8 Å². The van der Waals surface area contributed by atoms with E-state index in [0.29, 0.717) is 12.3 Å².